The summed E-state index contributed by atoms with van der Waals surface area (Å²) in [6.45, 7) is 7.15. The normalized spacial score (nSPS) is 17.0. The predicted molar refractivity (Wildman–Crippen MR) is 82.1 cm³/mol. The maximum absolute atomic E-state index is 3.68. The fourth-order valence-corrected chi connectivity index (χ4v) is 2.96. The van der Waals surface area contributed by atoms with Gasteiger partial charge in [0.05, 0.1) is 0 Å². The first-order chi connectivity index (χ1) is 8.83. The molecule has 0 aromatic heterocycles. The van der Waals surface area contributed by atoms with Gasteiger partial charge in [-0.15, -0.1) is 0 Å². The molecule has 0 atom stereocenters. The molecule has 0 bridgehead atoms. The Bertz CT molecular complexity index is 184. The molecule has 1 rings (SSSR count). The lowest BCUT2D eigenvalue weighted by Gasteiger charge is -2.14. The van der Waals surface area contributed by atoms with Gasteiger partial charge in [-0.3, -0.25) is 0 Å². The lowest BCUT2D eigenvalue weighted by Crippen LogP contribution is -2.24. The standard InChI is InChI=1S/C17H35N/c1-3-5-6-7-8-9-10-11-15-18-16-17(12-4-2)13-14-17/h18H,3-16H2,1-2H3. The average Bonchev–Trinajstić information content (AvgIpc) is 3.12. The first-order valence-electron chi connectivity index (χ1n) is 8.54. The van der Waals surface area contributed by atoms with Gasteiger partial charge < -0.3 is 5.32 Å². The van der Waals surface area contributed by atoms with Crippen LogP contribution in [0.5, 0.6) is 0 Å². The SMILES string of the molecule is CCCCCCCCCCNCC1(CCC)CC1. The van der Waals surface area contributed by atoms with Gasteiger partial charge in [0.15, 0.2) is 0 Å². The van der Waals surface area contributed by atoms with E-state index in [1.165, 1.54) is 90.1 Å². The fraction of sp³-hybridized carbons (Fsp3) is 1.00. The van der Waals surface area contributed by atoms with E-state index in [1.807, 2.05) is 0 Å². The lowest BCUT2D eigenvalue weighted by atomic mass is 10.0. The Balaban J connectivity index is 1.76. The van der Waals surface area contributed by atoms with Crippen molar-refractivity contribution >= 4 is 0 Å². The summed E-state index contributed by atoms with van der Waals surface area (Å²) < 4.78 is 0. The summed E-state index contributed by atoms with van der Waals surface area (Å²) >= 11 is 0. The second-order valence-electron chi connectivity index (χ2n) is 6.40. The second kappa shape index (κ2) is 9.83. The van der Waals surface area contributed by atoms with Gasteiger partial charge in [-0.2, -0.15) is 0 Å². The Morgan fingerprint density at radius 2 is 1.39 bits per heavy atom. The van der Waals surface area contributed by atoms with E-state index in [1.54, 1.807) is 0 Å². The van der Waals surface area contributed by atoms with Crippen molar-refractivity contribution in [3.8, 4) is 0 Å². The summed E-state index contributed by atoms with van der Waals surface area (Å²) in [5, 5.41) is 3.68. The maximum atomic E-state index is 3.68. The van der Waals surface area contributed by atoms with Crippen LogP contribution in [0.25, 0.3) is 0 Å². The minimum absolute atomic E-state index is 0.731. The number of hydrogen-bond acceptors (Lipinski definition) is 1. The van der Waals surface area contributed by atoms with E-state index in [0.717, 1.165) is 5.41 Å². The third-order valence-electron chi connectivity index (χ3n) is 4.44. The second-order valence-corrected chi connectivity index (χ2v) is 6.40. The molecule has 0 radical (unpaired) electrons. The molecule has 1 aliphatic carbocycles. The van der Waals surface area contributed by atoms with Crippen LogP contribution in [0.4, 0.5) is 0 Å². The summed E-state index contributed by atoms with van der Waals surface area (Å²) in [7, 11) is 0. The molecule has 0 spiro atoms. The Hall–Kier alpha value is -0.0400. The summed E-state index contributed by atoms with van der Waals surface area (Å²) in [4.78, 5) is 0. The molecular formula is C17H35N. The van der Waals surface area contributed by atoms with Crippen molar-refractivity contribution in [2.24, 2.45) is 5.41 Å². The van der Waals surface area contributed by atoms with E-state index < -0.39 is 0 Å². The fourth-order valence-electron chi connectivity index (χ4n) is 2.96. The Morgan fingerprint density at radius 1 is 0.778 bits per heavy atom. The maximum Gasteiger partial charge on any atom is 0.000781 e. The number of hydrogen-bond donors (Lipinski definition) is 1. The molecule has 1 heteroatoms. The highest BCUT2D eigenvalue weighted by atomic mass is 14.9. The molecule has 18 heavy (non-hydrogen) atoms. The number of nitrogens with one attached hydrogen (secondary N) is 1. The van der Waals surface area contributed by atoms with Crippen molar-refractivity contribution in [2.45, 2.75) is 90.9 Å². The van der Waals surface area contributed by atoms with Crippen LogP contribution in [-0.4, -0.2) is 13.1 Å². The molecule has 1 fully saturated rings. The Morgan fingerprint density at radius 3 is 1.94 bits per heavy atom. The van der Waals surface area contributed by atoms with Crippen LogP contribution in [-0.2, 0) is 0 Å². The molecule has 0 amide bonds. The van der Waals surface area contributed by atoms with Gasteiger partial charge in [-0.25, -0.2) is 0 Å². The van der Waals surface area contributed by atoms with Crippen molar-refractivity contribution in [3.05, 3.63) is 0 Å². The van der Waals surface area contributed by atoms with Crippen LogP contribution >= 0.6 is 0 Å². The largest absolute Gasteiger partial charge is 0.316 e. The molecule has 1 saturated carbocycles. The Labute approximate surface area is 115 Å². The van der Waals surface area contributed by atoms with Crippen LogP contribution in [0, 0.1) is 5.41 Å². The van der Waals surface area contributed by atoms with Crippen LogP contribution < -0.4 is 5.32 Å². The van der Waals surface area contributed by atoms with E-state index in [-0.39, 0.29) is 0 Å². The first kappa shape index (κ1) is 16.0. The van der Waals surface area contributed by atoms with Crippen molar-refractivity contribution in [2.75, 3.05) is 13.1 Å². The third kappa shape index (κ3) is 7.41. The van der Waals surface area contributed by atoms with Crippen molar-refractivity contribution < 1.29 is 0 Å². The smallest absolute Gasteiger partial charge is 0.000781 e. The molecule has 0 aromatic carbocycles. The predicted octanol–water partition coefficient (Wildman–Crippen LogP) is 5.30. The van der Waals surface area contributed by atoms with E-state index in [4.69, 9.17) is 0 Å². The van der Waals surface area contributed by atoms with E-state index in [9.17, 15) is 0 Å². The van der Waals surface area contributed by atoms with Crippen molar-refractivity contribution in [3.63, 3.8) is 0 Å². The highest BCUT2D eigenvalue weighted by Crippen LogP contribution is 2.48. The topological polar surface area (TPSA) is 12.0 Å². The molecular weight excluding hydrogens is 218 g/mol. The van der Waals surface area contributed by atoms with Gasteiger partial charge in [-0.1, -0.05) is 65.2 Å². The van der Waals surface area contributed by atoms with Crippen molar-refractivity contribution in [1.82, 2.24) is 5.32 Å². The number of unbranched alkanes of at least 4 members (excludes halogenated alkanes) is 7. The number of rotatable bonds is 13. The third-order valence-corrected chi connectivity index (χ3v) is 4.44. The molecule has 1 aliphatic rings. The summed E-state index contributed by atoms with van der Waals surface area (Å²) in [6, 6.07) is 0. The zero-order chi connectivity index (χ0) is 13.1. The van der Waals surface area contributed by atoms with Gasteiger partial charge in [0, 0.05) is 6.54 Å². The zero-order valence-electron chi connectivity index (χ0n) is 12.9. The molecule has 1 nitrogen and oxygen atoms in total. The van der Waals surface area contributed by atoms with E-state index in [2.05, 4.69) is 19.2 Å². The van der Waals surface area contributed by atoms with Gasteiger partial charge >= 0.3 is 0 Å². The molecule has 0 heterocycles. The average molecular weight is 253 g/mol. The highest BCUT2D eigenvalue weighted by molar-refractivity contribution is 4.94. The first-order valence-corrected chi connectivity index (χ1v) is 8.54. The van der Waals surface area contributed by atoms with Gasteiger partial charge in [0.1, 0.15) is 0 Å². The zero-order valence-corrected chi connectivity index (χ0v) is 12.9. The molecule has 1 N–H and O–H groups in total. The molecule has 0 aromatic rings. The van der Waals surface area contributed by atoms with Gasteiger partial charge in [0.25, 0.3) is 0 Å². The van der Waals surface area contributed by atoms with Crippen LogP contribution in [0.1, 0.15) is 90.9 Å². The quantitative estimate of drug-likeness (QED) is 0.439. The molecule has 0 unspecified atom stereocenters. The molecule has 108 valence electrons. The Kier molecular flexibility index (Phi) is 8.75. The molecule has 0 aliphatic heterocycles. The van der Waals surface area contributed by atoms with Crippen LogP contribution in [0.3, 0.4) is 0 Å². The summed E-state index contributed by atoms with van der Waals surface area (Å²) in [5.41, 5.74) is 0.731. The van der Waals surface area contributed by atoms with E-state index in [0.29, 0.717) is 0 Å². The monoisotopic (exact) mass is 253 g/mol. The van der Waals surface area contributed by atoms with Crippen LogP contribution in [0.15, 0.2) is 0 Å². The van der Waals surface area contributed by atoms with Gasteiger partial charge in [0.2, 0.25) is 0 Å². The van der Waals surface area contributed by atoms with Gasteiger partial charge in [-0.05, 0) is 37.6 Å². The highest BCUT2D eigenvalue weighted by Gasteiger charge is 2.40. The summed E-state index contributed by atoms with van der Waals surface area (Å²) in [6.07, 6.45) is 17.2. The molecule has 0 saturated heterocycles. The minimum atomic E-state index is 0.731. The minimum Gasteiger partial charge on any atom is -0.316 e. The lowest BCUT2D eigenvalue weighted by molar-refractivity contribution is 0.416. The van der Waals surface area contributed by atoms with Crippen molar-refractivity contribution in [1.29, 1.82) is 0 Å². The van der Waals surface area contributed by atoms with Crippen LogP contribution in [0.2, 0.25) is 0 Å². The summed E-state index contributed by atoms with van der Waals surface area (Å²) in [5.74, 6) is 0. The van der Waals surface area contributed by atoms with E-state index >= 15 is 0 Å².